The number of H-pyrrole nitrogens is 2. The molecule has 5 rings (SSSR count). The van der Waals surface area contributed by atoms with Crippen molar-refractivity contribution in [2.24, 2.45) is 0 Å². The molecule has 0 aliphatic carbocycles. The second-order valence-corrected chi connectivity index (χ2v) is 8.37. The van der Waals surface area contributed by atoms with E-state index >= 15 is 0 Å². The van der Waals surface area contributed by atoms with Crippen LogP contribution in [0.4, 0.5) is 0 Å². The molecule has 182 valence electrons. The number of nitrogens with one attached hydrogen (secondary N) is 3. The Morgan fingerprint density at radius 1 is 0.971 bits per heavy atom. The number of methoxy groups -OCH3 is 3. The topological polar surface area (TPSA) is 131 Å². The summed E-state index contributed by atoms with van der Waals surface area (Å²) in [6.07, 6.45) is 0.737. The standard InChI is InChI=1S/C25H26N4O6/c1-33-14-4-5-19-18(11-14)17-6-7-26-22(21(17)27-19)20-23(30)28-25(32)29(24(20)31)12-13-8-15(34-2)10-16(9-13)35-3/h4-5,8-11,22,26-27,31H,6-7,12H2,1-3H3,(H,28,30,32)/t22-/m1/s1. The number of ether oxygens (including phenoxy) is 3. The predicted molar refractivity (Wildman–Crippen MR) is 130 cm³/mol. The number of aromatic hydroxyl groups is 1. The van der Waals surface area contributed by atoms with Crippen LogP contribution in [0.2, 0.25) is 0 Å². The van der Waals surface area contributed by atoms with E-state index in [9.17, 15) is 14.7 Å². The van der Waals surface area contributed by atoms with Gasteiger partial charge in [0.2, 0.25) is 5.88 Å². The molecule has 4 aromatic rings. The molecule has 1 atom stereocenters. The van der Waals surface area contributed by atoms with Gasteiger partial charge in [-0.05, 0) is 47.9 Å². The van der Waals surface area contributed by atoms with E-state index in [4.69, 9.17) is 14.2 Å². The first-order valence-corrected chi connectivity index (χ1v) is 11.1. The van der Waals surface area contributed by atoms with Gasteiger partial charge in [-0.1, -0.05) is 0 Å². The monoisotopic (exact) mass is 478 g/mol. The smallest absolute Gasteiger partial charge is 0.331 e. The van der Waals surface area contributed by atoms with Crippen LogP contribution in [0.25, 0.3) is 10.9 Å². The van der Waals surface area contributed by atoms with Crippen LogP contribution >= 0.6 is 0 Å². The van der Waals surface area contributed by atoms with E-state index in [1.54, 1.807) is 25.3 Å². The Balaban J connectivity index is 1.62. The summed E-state index contributed by atoms with van der Waals surface area (Å²) in [4.78, 5) is 31.4. The molecule has 0 radical (unpaired) electrons. The lowest BCUT2D eigenvalue weighted by molar-refractivity contribution is 0.384. The van der Waals surface area contributed by atoms with Crippen molar-refractivity contribution < 1.29 is 19.3 Å². The predicted octanol–water partition coefficient (Wildman–Crippen LogP) is 2.03. The van der Waals surface area contributed by atoms with Gasteiger partial charge in [0.25, 0.3) is 5.56 Å². The number of aromatic amines is 2. The van der Waals surface area contributed by atoms with Crippen LogP contribution in [0.3, 0.4) is 0 Å². The van der Waals surface area contributed by atoms with Gasteiger partial charge < -0.3 is 29.6 Å². The Kier molecular flexibility index (Phi) is 5.73. The molecule has 0 saturated carbocycles. The highest BCUT2D eigenvalue weighted by Crippen LogP contribution is 2.36. The average Bonchev–Trinajstić information content (AvgIpc) is 3.24. The zero-order valence-electron chi connectivity index (χ0n) is 19.6. The third-order valence-electron chi connectivity index (χ3n) is 6.41. The number of aromatic nitrogens is 3. The molecule has 0 fully saturated rings. The summed E-state index contributed by atoms with van der Waals surface area (Å²) < 4.78 is 17.1. The van der Waals surface area contributed by atoms with E-state index < -0.39 is 23.2 Å². The van der Waals surface area contributed by atoms with Crippen LogP contribution in [0.1, 0.15) is 28.4 Å². The molecule has 0 saturated heterocycles. The van der Waals surface area contributed by atoms with Crippen molar-refractivity contribution in [2.45, 2.75) is 19.0 Å². The lowest BCUT2D eigenvalue weighted by Crippen LogP contribution is -2.39. The van der Waals surface area contributed by atoms with E-state index in [-0.39, 0.29) is 12.1 Å². The third-order valence-corrected chi connectivity index (χ3v) is 6.41. The van der Waals surface area contributed by atoms with Crippen molar-refractivity contribution in [1.82, 2.24) is 19.9 Å². The molecule has 0 bridgehead atoms. The van der Waals surface area contributed by atoms with E-state index in [2.05, 4.69) is 15.3 Å². The van der Waals surface area contributed by atoms with Gasteiger partial charge in [0.15, 0.2) is 0 Å². The Hall–Kier alpha value is -4.18. The third kappa shape index (κ3) is 3.91. The van der Waals surface area contributed by atoms with Crippen molar-refractivity contribution in [2.75, 3.05) is 27.9 Å². The number of hydrogen-bond acceptors (Lipinski definition) is 7. The highest BCUT2D eigenvalue weighted by Gasteiger charge is 2.31. The molecule has 35 heavy (non-hydrogen) atoms. The van der Waals surface area contributed by atoms with Crippen LogP contribution < -0.4 is 30.8 Å². The van der Waals surface area contributed by atoms with E-state index in [0.717, 1.165) is 38.9 Å². The van der Waals surface area contributed by atoms with Gasteiger partial charge in [0.05, 0.1) is 33.9 Å². The minimum atomic E-state index is -0.713. The summed E-state index contributed by atoms with van der Waals surface area (Å²) in [5.41, 5.74) is 2.08. The number of rotatable bonds is 6. The average molecular weight is 479 g/mol. The highest BCUT2D eigenvalue weighted by molar-refractivity contribution is 5.86. The van der Waals surface area contributed by atoms with Crippen molar-refractivity contribution in [1.29, 1.82) is 0 Å². The van der Waals surface area contributed by atoms with Crippen molar-refractivity contribution in [3.8, 4) is 23.1 Å². The summed E-state index contributed by atoms with van der Waals surface area (Å²) in [5, 5.41) is 15.5. The minimum Gasteiger partial charge on any atom is -0.497 e. The molecule has 1 aliphatic rings. The van der Waals surface area contributed by atoms with Crippen molar-refractivity contribution in [3.05, 3.63) is 79.6 Å². The van der Waals surface area contributed by atoms with Crippen molar-refractivity contribution >= 4 is 10.9 Å². The van der Waals surface area contributed by atoms with Gasteiger partial charge in [0.1, 0.15) is 22.8 Å². The molecule has 3 heterocycles. The normalized spacial score (nSPS) is 15.1. The fraction of sp³-hybridized carbons (Fsp3) is 0.280. The van der Waals surface area contributed by atoms with Crippen LogP contribution in [-0.2, 0) is 13.0 Å². The largest absolute Gasteiger partial charge is 0.497 e. The molecule has 10 nitrogen and oxygen atoms in total. The molecule has 0 amide bonds. The Bertz CT molecular complexity index is 1510. The molecule has 0 unspecified atom stereocenters. The first kappa shape index (κ1) is 22.6. The van der Waals surface area contributed by atoms with Crippen LogP contribution in [0.15, 0.2) is 46.0 Å². The SMILES string of the molecule is COc1cc(Cn2c(O)c([C@H]3NCCc4c3[nH]c3ccc(OC)cc43)c(=O)[nH]c2=O)cc(OC)c1. The minimum absolute atomic E-state index is 0.00544. The number of fused-ring (bicyclic) bond motifs is 3. The lowest BCUT2D eigenvalue weighted by atomic mass is 9.95. The van der Waals surface area contributed by atoms with E-state index in [1.165, 1.54) is 14.2 Å². The van der Waals surface area contributed by atoms with E-state index in [1.807, 2.05) is 18.2 Å². The highest BCUT2D eigenvalue weighted by atomic mass is 16.5. The molecular formula is C25H26N4O6. The Labute approximate surface area is 200 Å². The maximum atomic E-state index is 12.9. The fourth-order valence-corrected chi connectivity index (χ4v) is 4.70. The summed E-state index contributed by atoms with van der Waals surface area (Å²) in [5.74, 6) is 1.42. The molecule has 2 aromatic carbocycles. The number of hydrogen-bond donors (Lipinski definition) is 4. The van der Waals surface area contributed by atoms with Crippen molar-refractivity contribution in [3.63, 3.8) is 0 Å². The second kappa shape index (κ2) is 8.88. The summed E-state index contributed by atoms with van der Waals surface area (Å²) in [6, 6.07) is 10.3. The van der Waals surface area contributed by atoms with Gasteiger partial charge in [-0.2, -0.15) is 0 Å². The molecule has 4 N–H and O–H groups in total. The Morgan fingerprint density at radius 2 is 1.69 bits per heavy atom. The maximum absolute atomic E-state index is 12.9. The Morgan fingerprint density at radius 3 is 2.37 bits per heavy atom. The molecule has 1 aliphatic heterocycles. The number of nitrogens with zero attached hydrogens (tertiary/aromatic N) is 1. The maximum Gasteiger partial charge on any atom is 0.331 e. The second-order valence-electron chi connectivity index (χ2n) is 8.37. The van der Waals surface area contributed by atoms with Gasteiger partial charge in [-0.25, -0.2) is 4.79 Å². The van der Waals surface area contributed by atoms with Crippen LogP contribution in [0, 0.1) is 0 Å². The van der Waals surface area contributed by atoms with Crippen LogP contribution in [0.5, 0.6) is 23.1 Å². The van der Waals surface area contributed by atoms with Gasteiger partial charge in [-0.3, -0.25) is 14.3 Å². The first-order valence-electron chi connectivity index (χ1n) is 11.1. The number of benzene rings is 2. The molecular weight excluding hydrogens is 452 g/mol. The summed E-state index contributed by atoms with van der Waals surface area (Å²) in [6.45, 7) is 0.596. The first-order chi connectivity index (χ1) is 16.9. The lowest BCUT2D eigenvalue weighted by Gasteiger charge is -2.25. The zero-order valence-corrected chi connectivity index (χ0v) is 19.6. The summed E-state index contributed by atoms with van der Waals surface area (Å²) >= 11 is 0. The summed E-state index contributed by atoms with van der Waals surface area (Å²) in [7, 11) is 4.68. The van der Waals surface area contributed by atoms with Crippen LogP contribution in [-0.4, -0.2) is 47.5 Å². The molecule has 0 spiro atoms. The molecule has 10 heteroatoms. The van der Waals surface area contributed by atoms with Gasteiger partial charge in [0, 0.05) is 29.2 Å². The molecule has 2 aromatic heterocycles. The quantitative estimate of drug-likeness (QED) is 0.334. The van der Waals surface area contributed by atoms with Gasteiger partial charge >= 0.3 is 5.69 Å². The fourth-order valence-electron chi connectivity index (χ4n) is 4.70. The van der Waals surface area contributed by atoms with E-state index in [0.29, 0.717) is 23.6 Å². The zero-order chi connectivity index (χ0) is 24.7. The van der Waals surface area contributed by atoms with Gasteiger partial charge in [-0.15, -0.1) is 0 Å².